The van der Waals surface area contributed by atoms with Gasteiger partial charge >= 0.3 is 0 Å². The van der Waals surface area contributed by atoms with Gasteiger partial charge in [-0.25, -0.2) is 0 Å². The van der Waals surface area contributed by atoms with Gasteiger partial charge in [0.2, 0.25) is 0 Å². The molecule has 0 fully saturated rings. The second kappa shape index (κ2) is 6.94. The summed E-state index contributed by atoms with van der Waals surface area (Å²) in [5.41, 5.74) is 7.08. The molecule has 1 unspecified atom stereocenters. The van der Waals surface area contributed by atoms with Gasteiger partial charge in [0, 0.05) is 16.9 Å². The minimum absolute atomic E-state index is 0.0220. The highest BCUT2D eigenvalue weighted by molar-refractivity contribution is 6.14. The molecule has 136 valence electrons. The van der Waals surface area contributed by atoms with E-state index in [1.165, 1.54) is 22.3 Å². The zero-order chi connectivity index (χ0) is 18.9. The molecule has 0 heterocycles. The number of hydrogen-bond donors (Lipinski definition) is 2. The summed E-state index contributed by atoms with van der Waals surface area (Å²) in [5.74, 6) is -0.274. The molecule has 4 heteroatoms. The van der Waals surface area contributed by atoms with E-state index in [1.807, 2.05) is 13.0 Å². The summed E-state index contributed by atoms with van der Waals surface area (Å²) in [7, 11) is 0. The topological polar surface area (TPSA) is 65.2 Å². The number of rotatable bonds is 5. The summed E-state index contributed by atoms with van der Waals surface area (Å²) in [6.45, 7) is 8.06. The van der Waals surface area contributed by atoms with Gasteiger partial charge in [-0.1, -0.05) is 67.5 Å². The van der Waals surface area contributed by atoms with Crippen LogP contribution in [0.4, 0.5) is 0 Å². The molecule has 1 atom stereocenters. The number of benzene rings is 2. The largest absolute Gasteiger partial charge is 0.411 e. The molecule has 0 saturated carbocycles. The van der Waals surface area contributed by atoms with E-state index in [4.69, 9.17) is 5.21 Å². The Morgan fingerprint density at radius 1 is 0.962 bits per heavy atom. The van der Waals surface area contributed by atoms with E-state index in [2.05, 4.69) is 60.6 Å². The maximum atomic E-state index is 9.61. The lowest BCUT2D eigenvalue weighted by Gasteiger charge is -2.30. The van der Waals surface area contributed by atoms with E-state index in [0.29, 0.717) is 11.4 Å². The molecule has 0 saturated heterocycles. The Morgan fingerprint density at radius 2 is 1.62 bits per heavy atom. The molecule has 0 spiro atoms. The minimum Gasteiger partial charge on any atom is -0.411 e. The van der Waals surface area contributed by atoms with Crippen molar-refractivity contribution in [2.45, 2.75) is 46.0 Å². The molecule has 0 amide bonds. The Balaban J connectivity index is 2.19. The lowest BCUT2D eigenvalue weighted by atomic mass is 9.73. The monoisotopic (exact) mass is 350 g/mol. The van der Waals surface area contributed by atoms with Crippen LogP contribution in [0.2, 0.25) is 0 Å². The molecule has 1 aliphatic rings. The first-order chi connectivity index (χ1) is 12.5. The van der Waals surface area contributed by atoms with Crippen molar-refractivity contribution in [2.75, 3.05) is 0 Å². The molecular weight excluding hydrogens is 324 g/mol. The van der Waals surface area contributed by atoms with Crippen LogP contribution in [0.15, 0.2) is 52.8 Å². The Hall–Kier alpha value is -2.62. The van der Waals surface area contributed by atoms with Crippen LogP contribution in [0.25, 0.3) is 11.1 Å². The third kappa shape index (κ3) is 2.52. The highest BCUT2D eigenvalue weighted by Gasteiger charge is 2.40. The maximum absolute atomic E-state index is 9.61. The molecule has 0 aliphatic heterocycles. The van der Waals surface area contributed by atoms with Crippen molar-refractivity contribution in [3.63, 3.8) is 0 Å². The van der Waals surface area contributed by atoms with Crippen LogP contribution in [-0.4, -0.2) is 21.8 Å². The quantitative estimate of drug-likeness (QED) is 0.428. The van der Waals surface area contributed by atoms with Crippen LogP contribution >= 0.6 is 0 Å². The average Bonchev–Trinajstić information content (AvgIpc) is 2.97. The molecule has 4 nitrogen and oxygen atoms in total. The second-order valence-corrected chi connectivity index (χ2v) is 7.04. The molecule has 2 N–H and O–H groups in total. The van der Waals surface area contributed by atoms with Gasteiger partial charge in [0.1, 0.15) is 0 Å². The third-order valence-corrected chi connectivity index (χ3v) is 6.07. The van der Waals surface area contributed by atoms with Crippen molar-refractivity contribution in [1.29, 1.82) is 0 Å². The van der Waals surface area contributed by atoms with Crippen LogP contribution in [0.5, 0.6) is 0 Å². The molecular formula is C22H26N2O2. The van der Waals surface area contributed by atoms with Crippen molar-refractivity contribution in [3.05, 3.63) is 59.2 Å². The molecule has 1 aliphatic carbocycles. The van der Waals surface area contributed by atoms with Crippen LogP contribution in [-0.2, 0) is 5.41 Å². The summed E-state index contributed by atoms with van der Waals surface area (Å²) in [5, 5.41) is 25.5. The first kappa shape index (κ1) is 18.2. The van der Waals surface area contributed by atoms with Gasteiger partial charge < -0.3 is 10.4 Å². The van der Waals surface area contributed by atoms with Gasteiger partial charge in [-0.15, -0.1) is 0 Å². The Labute approximate surface area is 154 Å². The van der Waals surface area contributed by atoms with Crippen LogP contribution in [0, 0.1) is 5.92 Å². The Kier molecular flexibility index (Phi) is 4.86. The van der Waals surface area contributed by atoms with E-state index in [1.54, 1.807) is 6.92 Å². The predicted molar refractivity (Wildman–Crippen MR) is 106 cm³/mol. The first-order valence-corrected chi connectivity index (χ1v) is 9.19. The van der Waals surface area contributed by atoms with Crippen molar-refractivity contribution in [2.24, 2.45) is 16.2 Å². The number of hydrogen-bond acceptors (Lipinski definition) is 4. The highest BCUT2D eigenvalue weighted by atomic mass is 16.4. The molecule has 0 radical (unpaired) electrons. The summed E-state index contributed by atoms with van der Waals surface area (Å²) in [4.78, 5) is 0. The summed E-state index contributed by atoms with van der Waals surface area (Å²) < 4.78 is 0. The lowest BCUT2D eigenvalue weighted by molar-refractivity contribution is 0.312. The fourth-order valence-corrected chi connectivity index (χ4v) is 4.31. The van der Waals surface area contributed by atoms with Gasteiger partial charge in [-0.2, -0.15) is 0 Å². The van der Waals surface area contributed by atoms with Crippen molar-refractivity contribution in [3.8, 4) is 11.1 Å². The number of nitrogens with zero attached hydrogens (tertiary/aromatic N) is 2. The van der Waals surface area contributed by atoms with E-state index >= 15 is 0 Å². The van der Waals surface area contributed by atoms with Gasteiger partial charge in [0.25, 0.3) is 0 Å². The van der Waals surface area contributed by atoms with Crippen molar-refractivity contribution >= 4 is 11.4 Å². The third-order valence-electron chi connectivity index (χ3n) is 6.07. The lowest BCUT2D eigenvalue weighted by Crippen LogP contribution is -2.24. The SMILES string of the molecule is CCC1(CC)c2ccccc2-c2ccc(/C(=N/O)C(C)/C(C)=N/O)cc21. The van der Waals surface area contributed by atoms with Crippen LogP contribution in [0.3, 0.4) is 0 Å². The molecule has 2 aromatic rings. The van der Waals surface area contributed by atoms with E-state index < -0.39 is 0 Å². The zero-order valence-corrected chi connectivity index (χ0v) is 15.8. The van der Waals surface area contributed by atoms with Gasteiger partial charge in [0.15, 0.2) is 0 Å². The second-order valence-electron chi connectivity index (χ2n) is 7.04. The number of fused-ring (bicyclic) bond motifs is 3. The molecule has 2 aromatic carbocycles. The average molecular weight is 350 g/mol. The fraction of sp³-hybridized carbons (Fsp3) is 0.364. The van der Waals surface area contributed by atoms with Crippen molar-refractivity contribution < 1.29 is 10.4 Å². The van der Waals surface area contributed by atoms with Crippen molar-refractivity contribution in [1.82, 2.24) is 0 Å². The highest BCUT2D eigenvalue weighted by Crippen LogP contribution is 2.52. The normalized spacial score (nSPS) is 16.9. The fourth-order valence-electron chi connectivity index (χ4n) is 4.31. The first-order valence-electron chi connectivity index (χ1n) is 9.19. The summed E-state index contributed by atoms with van der Waals surface area (Å²) >= 11 is 0. The Bertz CT molecular complexity index is 879. The minimum atomic E-state index is -0.274. The van der Waals surface area contributed by atoms with E-state index in [9.17, 15) is 5.21 Å². The van der Waals surface area contributed by atoms with Crippen LogP contribution < -0.4 is 0 Å². The molecule has 0 aromatic heterocycles. The molecule has 0 bridgehead atoms. The van der Waals surface area contributed by atoms with Gasteiger partial charge in [-0.3, -0.25) is 0 Å². The standard InChI is InChI=1S/C22H26N2O2/c1-5-22(6-2)19-10-8-7-9-17(19)18-12-11-16(13-20(18)22)21(24-26)14(3)15(4)23-25/h7-14,25-26H,5-6H2,1-4H3/b23-15+,24-21+. The number of oxime groups is 2. The van der Waals surface area contributed by atoms with Gasteiger partial charge in [-0.05, 0) is 48.1 Å². The Morgan fingerprint density at radius 3 is 2.23 bits per heavy atom. The van der Waals surface area contributed by atoms with E-state index in [-0.39, 0.29) is 11.3 Å². The van der Waals surface area contributed by atoms with Crippen LogP contribution in [0.1, 0.15) is 57.2 Å². The maximum Gasteiger partial charge on any atom is 0.0953 e. The van der Waals surface area contributed by atoms with Gasteiger partial charge in [0.05, 0.1) is 11.4 Å². The zero-order valence-electron chi connectivity index (χ0n) is 15.8. The summed E-state index contributed by atoms with van der Waals surface area (Å²) in [6.07, 6.45) is 2.02. The van der Waals surface area contributed by atoms with E-state index in [0.717, 1.165) is 18.4 Å². The summed E-state index contributed by atoms with van der Waals surface area (Å²) in [6, 6.07) is 14.9. The molecule has 26 heavy (non-hydrogen) atoms. The molecule has 3 rings (SSSR count). The predicted octanol–water partition coefficient (Wildman–Crippen LogP) is 5.44. The smallest absolute Gasteiger partial charge is 0.0953 e.